The van der Waals surface area contributed by atoms with Crippen LogP contribution >= 0.6 is 19.7 Å². The molecule has 71 heavy (non-hydrogen) atoms. The Kier molecular flexibility index (Phi) is 18.8. The summed E-state index contributed by atoms with van der Waals surface area (Å²) in [5.74, 6) is -0.168. The van der Waals surface area contributed by atoms with Crippen molar-refractivity contribution in [2.75, 3.05) is 45.9 Å². The van der Waals surface area contributed by atoms with Gasteiger partial charge in [-0.2, -0.15) is 8.78 Å². The van der Waals surface area contributed by atoms with Crippen molar-refractivity contribution in [3.8, 4) is 0 Å². The Morgan fingerprint density at radius 1 is 0.915 bits per heavy atom. The largest absolute Gasteiger partial charge is 0.370 e. The van der Waals surface area contributed by atoms with E-state index in [0.29, 0.717) is 48.5 Å². The van der Waals surface area contributed by atoms with Crippen LogP contribution in [-0.4, -0.2) is 110 Å². The molecular formula is C51H66F2N7O9PS. The summed E-state index contributed by atoms with van der Waals surface area (Å²) in [6.45, 7) is 15.7. The van der Waals surface area contributed by atoms with E-state index in [4.69, 9.17) is 20.3 Å². The minimum Gasteiger partial charge on any atom is -0.370 e. The fourth-order valence-electron chi connectivity index (χ4n) is 8.85. The van der Waals surface area contributed by atoms with Crippen molar-refractivity contribution in [1.82, 2.24) is 29.2 Å². The summed E-state index contributed by atoms with van der Waals surface area (Å²) in [5.41, 5.74) is 4.70. The van der Waals surface area contributed by atoms with E-state index in [2.05, 4.69) is 44.0 Å². The first-order valence-electron chi connectivity index (χ1n) is 23.9. The number of aromatic nitrogens is 2. The number of rotatable bonds is 9. The Labute approximate surface area is 417 Å². The van der Waals surface area contributed by atoms with Crippen LogP contribution in [0.5, 0.6) is 0 Å². The summed E-state index contributed by atoms with van der Waals surface area (Å²) in [7, 11) is -1.67. The van der Waals surface area contributed by atoms with Gasteiger partial charge < -0.3 is 30.1 Å². The van der Waals surface area contributed by atoms with Gasteiger partial charge in [0.1, 0.15) is 12.1 Å². The molecule has 9 rings (SSSR count). The number of nitrogens with one attached hydrogen (secondary N) is 1. The molecule has 20 heteroatoms. The fourth-order valence-corrected chi connectivity index (χ4v) is 10.1. The molecular weight excluding hydrogens is 956 g/mol. The number of alkyl halides is 2. The Bertz CT molecular complexity index is 2710. The first kappa shape index (κ1) is 54.9. The molecule has 4 aliphatic rings. The molecule has 3 aromatic carbocycles. The molecule has 5 amide bonds. The number of imidazole rings is 1. The van der Waals surface area contributed by atoms with E-state index in [-0.39, 0.29) is 34.4 Å². The molecule has 2 aromatic heterocycles. The molecule has 4 fully saturated rings. The number of hydrogen-bond donors (Lipinski definition) is 4. The number of piperidine rings is 2. The lowest BCUT2D eigenvalue weighted by molar-refractivity contribution is -0.136. The van der Waals surface area contributed by atoms with Crippen LogP contribution in [0.3, 0.4) is 0 Å². The molecule has 2 unspecified atom stereocenters. The standard InChI is InChI=1S/C20H26N4O3.C11H13NO2.C10H8F2NO3PS.C10H19NO/c1-13-7-9-23(10-8-13)12-14-3-4-15-17(11-14)22(2)20(27)24(15)16-5-6-18(25)21-19(16)26;13-9-12-6-7-14-11(8-12)10-4-2-1-3-5-10;11-10(12,17(15)16)6-1-2-7-5(3-6)4-8(18-7)9(13)14;1-10(2,3)8-9(12)11-6-4-5-7-11/h3-4,11,13,16H,5-10,12H2,1-2H3,(H,21,25,26);1-5,9,11H,6-8H2;1-4,15-16H,(H2,13,14);4-8H2,1-3H3. The van der Waals surface area contributed by atoms with Crippen molar-refractivity contribution in [3.63, 3.8) is 0 Å². The van der Waals surface area contributed by atoms with Crippen LogP contribution in [0.1, 0.15) is 111 Å². The lowest BCUT2D eigenvalue weighted by Crippen LogP contribution is -2.44. The zero-order valence-corrected chi connectivity index (χ0v) is 42.7. The van der Waals surface area contributed by atoms with E-state index in [1.165, 1.54) is 47.9 Å². The predicted octanol–water partition coefficient (Wildman–Crippen LogP) is 7.16. The minimum atomic E-state index is -3.70. The second-order valence-corrected chi connectivity index (χ2v) is 21.9. The second-order valence-electron chi connectivity index (χ2n) is 19.7. The summed E-state index contributed by atoms with van der Waals surface area (Å²) >= 11 is 1.09. The Hall–Kier alpha value is -5.43. The molecule has 4 aliphatic heterocycles. The topological polar surface area (TPSA) is 210 Å². The molecule has 4 saturated heterocycles. The highest BCUT2D eigenvalue weighted by molar-refractivity contribution is 7.46. The number of amides is 5. The number of morpholine rings is 1. The number of hydrogen-bond acceptors (Lipinski definition) is 11. The van der Waals surface area contributed by atoms with Gasteiger partial charge in [-0.1, -0.05) is 70.2 Å². The normalized spacial score (nSPS) is 19.1. The number of carbonyl (C=O) groups is 5. The summed E-state index contributed by atoms with van der Waals surface area (Å²) in [5, 5.41) is 2.76. The van der Waals surface area contributed by atoms with Gasteiger partial charge in [0.05, 0.1) is 29.1 Å². The lowest BCUT2D eigenvalue weighted by atomic mass is 9.92. The monoisotopic (exact) mass is 1020 g/mol. The average molecular weight is 1020 g/mol. The smallest absolute Gasteiger partial charge is 0.339 e. The van der Waals surface area contributed by atoms with Crippen LogP contribution in [0.15, 0.2) is 77.6 Å². The minimum absolute atomic E-state index is 0.0372. The number of primary amides is 1. The third kappa shape index (κ3) is 14.6. The number of thiophene rings is 1. The van der Waals surface area contributed by atoms with E-state index in [1.807, 2.05) is 47.4 Å². The van der Waals surface area contributed by atoms with Crippen molar-refractivity contribution in [2.24, 2.45) is 24.1 Å². The zero-order chi connectivity index (χ0) is 51.6. The van der Waals surface area contributed by atoms with Crippen molar-refractivity contribution in [1.29, 1.82) is 0 Å². The molecule has 0 aliphatic carbocycles. The maximum Gasteiger partial charge on any atom is 0.339 e. The second kappa shape index (κ2) is 24.3. The van der Waals surface area contributed by atoms with Crippen LogP contribution < -0.4 is 16.7 Å². The molecule has 0 saturated carbocycles. The Morgan fingerprint density at radius 2 is 1.61 bits per heavy atom. The first-order valence-corrected chi connectivity index (χ1v) is 26.0. The number of nitrogens with two attached hydrogens (primary N) is 1. The molecule has 16 nitrogen and oxygen atoms in total. The van der Waals surface area contributed by atoms with Crippen molar-refractivity contribution < 1.29 is 47.3 Å². The van der Waals surface area contributed by atoms with Gasteiger partial charge in [0, 0.05) is 56.3 Å². The number of halogens is 2. The van der Waals surface area contributed by atoms with Crippen LogP contribution in [0, 0.1) is 11.3 Å². The predicted molar refractivity (Wildman–Crippen MR) is 271 cm³/mol. The highest BCUT2D eigenvalue weighted by atomic mass is 32.1. The third-order valence-corrected chi connectivity index (χ3v) is 14.8. The first-order chi connectivity index (χ1) is 33.6. The van der Waals surface area contributed by atoms with E-state index >= 15 is 0 Å². The van der Waals surface area contributed by atoms with Crippen molar-refractivity contribution in [3.05, 3.63) is 105 Å². The lowest BCUT2D eigenvalue weighted by Gasteiger charge is -2.30. The molecule has 6 heterocycles. The van der Waals surface area contributed by atoms with E-state index in [1.54, 1.807) is 16.5 Å². The van der Waals surface area contributed by atoms with E-state index in [0.717, 1.165) is 85.1 Å². The maximum absolute atomic E-state index is 13.4. The Balaban J connectivity index is 0.000000164. The van der Waals surface area contributed by atoms with Crippen LogP contribution in [0.25, 0.3) is 21.1 Å². The zero-order valence-electron chi connectivity index (χ0n) is 41.0. The number of carbonyl (C=O) groups excluding carboxylic acids is 5. The fraction of sp³-hybridized carbons (Fsp3) is 0.490. The van der Waals surface area contributed by atoms with Gasteiger partial charge >= 0.3 is 11.4 Å². The number of likely N-dealkylation sites (tertiary alicyclic amines) is 2. The van der Waals surface area contributed by atoms with Crippen molar-refractivity contribution in [2.45, 2.75) is 97.0 Å². The van der Waals surface area contributed by atoms with Crippen LogP contribution in [-0.2, 0) is 43.2 Å². The molecule has 0 spiro atoms. The number of ether oxygens (including phenoxy) is 1. The number of aryl methyl sites for hydroxylation is 1. The number of imide groups is 1. The molecule has 5 aromatic rings. The molecule has 384 valence electrons. The van der Waals surface area contributed by atoms with E-state index < -0.39 is 37.5 Å². The summed E-state index contributed by atoms with van der Waals surface area (Å²) in [6, 6.07) is 20.4. The van der Waals surface area contributed by atoms with Gasteiger partial charge in [0.15, 0.2) is 0 Å². The number of benzene rings is 3. The van der Waals surface area contributed by atoms with Gasteiger partial charge in [-0.3, -0.25) is 43.3 Å². The van der Waals surface area contributed by atoms with Crippen LogP contribution in [0.2, 0.25) is 0 Å². The van der Waals surface area contributed by atoms with Crippen molar-refractivity contribution >= 4 is 70.9 Å². The van der Waals surface area contributed by atoms with Gasteiger partial charge in [-0.05, 0) is 103 Å². The third-order valence-electron chi connectivity index (χ3n) is 12.9. The Morgan fingerprint density at radius 3 is 2.23 bits per heavy atom. The van der Waals surface area contributed by atoms with Gasteiger partial charge in [-0.15, -0.1) is 11.3 Å². The van der Waals surface area contributed by atoms with Gasteiger partial charge in [-0.25, -0.2) is 4.79 Å². The maximum atomic E-state index is 13.4. The summed E-state index contributed by atoms with van der Waals surface area (Å²) < 4.78 is 36.2. The molecule has 5 N–H and O–H groups in total. The highest BCUT2D eigenvalue weighted by Crippen LogP contribution is 2.53. The summed E-state index contributed by atoms with van der Waals surface area (Å²) in [6.07, 6.45) is 7.06. The molecule has 2 atom stereocenters. The molecule has 0 bridgehead atoms. The van der Waals surface area contributed by atoms with Crippen LogP contribution in [0.4, 0.5) is 8.78 Å². The number of nitrogens with zero attached hydrogens (tertiary/aromatic N) is 5. The van der Waals surface area contributed by atoms with E-state index in [9.17, 15) is 37.5 Å². The highest BCUT2D eigenvalue weighted by Gasteiger charge is 2.41. The quantitative estimate of drug-likeness (QED) is 0.0665. The van der Waals surface area contributed by atoms with Gasteiger partial charge in [0.25, 0.3) is 5.91 Å². The number of fused-ring (bicyclic) bond motifs is 2. The summed E-state index contributed by atoms with van der Waals surface area (Å²) in [4.78, 5) is 93.5. The molecule has 0 radical (unpaired) electrons. The average Bonchev–Trinajstić information content (AvgIpc) is 4.10. The SMILES string of the molecule is CC(C)(C)CC(=O)N1CCCC1.CC1CCN(Cc2ccc3c(c2)n(C)c(=O)n3C2CCC(=O)NC2=O)CC1.NC(=O)c1cc2cc(C(F)(F)P(O)O)ccc2s1.O=CN1CCOC(c2ccccc2)C1. The van der Waals surface area contributed by atoms with Gasteiger partial charge in [0.2, 0.25) is 32.5 Å².